The maximum atomic E-state index is 12.3. The summed E-state index contributed by atoms with van der Waals surface area (Å²) in [5.41, 5.74) is 1.21. The molecule has 0 aliphatic carbocycles. The molecule has 1 saturated heterocycles. The van der Waals surface area contributed by atoms with E-state index in [9.17, 15) is 4.79 Å². The normalized spacial score (nSPS) is 14.0. The molecule has 0 aromatic heterocycles. The molecule has 0 unspecified atom stereocenters. The van der Waals surface area contributed by atoms with Crippen LogP contribution in [0.25, 0.3) is 0 Å². The van der Waals surface area contributed by atoms with Crippen molar-refractivity contribution in [2.75, 3.05) is 50.8 Å². The monoisotopic (exact) mass is 369 g/mol. The Hall–Kier alpha value is -2.89. The SMILES string of the molecule is CCOc1ccc(OCCNC(=O)N2CCN(c3ccccc3)CC2)cc1. The van der Waals surface area contributed by atoms with Crippen LogP contribution in [0.2, 0.25) is 0 Å². The van der Waals surface area contributed by atoms with Gasteiger partial charge < -0.3 is 24.6 Å². The summed E-state index contributed by atoms with van der Waals surface area (Å²) in [6.07, 6.45) is 0. The summed E-state index contributed by atoms with van der Waals surface area (Å²) < 4.78 is 11.1. The number of nitrogens with zero attached hydrogens (tertiary/aromatic N) is 2. The summed E-state index contributed by atoms with van der Waals surface area (Å²) in [4.78, 5) is 16.5. The van der Waals surface area contributed by atoms with Gasteiger partial charge in [-0.2, -0.15) is 0 Å². The van der Waals surface area contributed by atoms with Crippen molar-refractivity contribution in [2.24, 2.45) is 0 Å². The molecule has 0 atom stereocenters. The lowest BCUT2D eigenvalue weighted by Crippen LogP contribution is -2.52. The predicted molar refractivity (Wildman–Crippen MR) is 107 cm³/mol. The highest BCUT2D eigenvalue weighted by Gasteiger charge is 2.20. The number of piperazine rings is 1. The molecule has 0 bridgehead atoms. The Morgan fingerprint density at radius 2 is 1.56 bits per heavy atom. The van der Waals surface area contributed by atoms with E-state index in [1.807, 2.05) is 54.3 Å². The van der Waals surface area contributed by atoms with Crippen LogP contribution in [0.5, 0.6) is 11.5 Å². The molecule has 1 heterocycles. The molecule has 1 aliphatic rings. The van der Waals surface area contributed by atoms with Crippen molar-refractivity contribution in [3.63, 3.8) is 0 Å². The van der Waals surface area contributed by atoms with Gasteiger partial charge in [0, 0.05) is 31.9 Å². The topological polar surface area (TPSA) is 54.0 Å². The number of rotatable bonds is 7. The van der Waals surface area contributed by atoms with E-state index in [4.69, 9.17) is 9.47 Å². The maximum Gasteiger partial charge on any atom is 0.317 e. The van der Waals surface area contributed by atoms with E-state index in [-0.39, 0.29) is 6.03 Å². The molecule has 6 nitrogen and oxygen atoms in total. The number of para-hydroxylation sites is 1. The fourth-order valence-corrected chi connectivity index (χ4v) is 3.04. The van der Waals surface area contributed by atoms with Gasteiger partial charge in [0.1, 0.15) is 18.1 Å². The average molecular weight is 369 g/mol. The van der Waals surface area contributed by atoms with E-state index in [0.29, 0.717) is 19.8 Å². The first-order valence-corrected chi connectivity index (χ1v) is 9.44. The zero-order valence-electron chi connectivity index (χ0n) is 15.8. The molecular weight excluding hydrogens is 342 g/mol. The molecule has 2 aromatic rings. The Morgan fingerprint density at radius 1 is 0.926 bits per heavy atom. The largest absolute Gasteiger partial charge is 0.494 e. The van der Waals surface area contributed by atoms with Crippen molar-refractivity contribution in [2.45, 2.75) is 6.92 Å². The van der Waals surface area contributed by atoms with Crippen LogP contribution >= 0.6 is 0 Å². The lowest BCUT2D eigenvalue weighted by atomic mass is 10.2. The molecule has 0 saturated carbocycles. The first-order valence-electron chi connectivity index (χ1n) is 9.44. The molecule has 3 rings (SSSR count). The fraction of sp³-hybridized carbons (Fsp3) is 0.381. The highest BCUT2D eigenvalue weighted by Crippen LogP contribution is 2.17. The van der Waals surface area contributed by atoms with Crippen molar-refractivity contribution >= 4 is 11.7 Å². The van der Waals surface area contributed by atoms with Gasteiger partial charge in [0.25, 0.3) is 0 Å². The third-order valence-electron chi connectivity index (χ3n) is 4.47. The Kier molecular flexibility index (Phi) is 6.79. The standard InChI is InChI=1S/C21H27N3O3/c1-2-26-19-8-10-20(11-9-19)27-17-12-22-21(25)24-15-13-23(14-16-24)18-6-4-3-5-7-18/h3-11H,2,12-17H2,1H3,(H,22,25). The number of carbonyl (C=O) groups is 1. The molecule has 6 heteroatoms. The molecule has 1 N–H and O–H groups in total. The van der Waals surface area contributed by atoms with Gasteiger partial charge in [-0.1, -0.05) is 18.2 Å². The number of carbonyl (C=O) groups excluding carboxylic acids is 1. The molecule has 144 valence electrons. The average Bonchev–Trinajstić information content (AvgIpc) is 2.73. The Bertz CT molecular complexity index is 698. The van der Waals surface area contributed by atoms with Crippen molar-refractivity contribution < 1.29 is 14.3 Å². The second-order valence-corrected chi connectivity index (χ2v) is 6.29. The van der Waals surface area contributed by atoms with Gasteiger partial charge in [0.05, 0.1) is 13.2 Å². The Labute approximate surface area is 160 Å². The lowest BCUT2D eigenvalue weighted by molar-refractivity contribution is 0.191. The summed E-state index contributed by atoms with van der Waals surface area (Å²) >= 11 is 0. The van der Waals surface area contributed by atoms with Gasteiger partial charge in [0.2, 0.25) is 0 Å². The number of anilines is 1. The van der Waals surface area contributed by atoms with Crippen LogP contribution in [0.3, 0.4) is 0 Å². The molecule has 1 fully saturated rings. The molecule has 1 aliphatic heterocycles. The molecule has 2 amide bonds. The predicted octanol–water partition coefficient (Wildman–Crippen LogP) is 3.00. The lowest BCUT2D eigenvalue weighted by Gasteiger charge is -2.36. The molecule has 2 aromatic carbocycles. The number of hydrogen-bond acceptors (Lipinski definition) is 4. The number of amides is 2. The third-order valence-corrected chi connectivity index (χ3v) is 4.47. The highest BCUT2D eigenvalue weighted by atomic mass is 16.5. The van der Waals surface area contributed by atoms with Gasteiger partial charge in [-0.05, 0) is 43.3 Å². The third kappa shape index (κ3) is 5.54. The van der Waals surface area contributed by atoms with E-state index in [0.717, 1.165) is 37.7 Å². The number of hydrogen-bond donors (Lipinski definition) is 1. The minimum Gasteiger partial charge on any atom is -0.494 e. The molecule has 27 heavy (non-hydrogen) atoms. The number of urea groups is 1. The van der Waals surface area contributed by atoms with Crippen LogP contribution in [0, 0.1) is 0 Å². The fourth-order valence-electron chi connectivity index (χ4n) is 3.04. The van der Waals surface area contributed by atoms with E-state index >= 15 is 0 Å². The van der Waals surface area contributed by atoms with Crippen molar-refractivity contribution in [1.82, 2.24) is 10.2 Å². The summed E-state index contributed by atoms with van der Waals surface area (Å²) in [7, 11) is 0. The van der Waals surface area contributed by atoms with Gasteiger partial charge >= 0.3 is 6.03 Å². The van der Waals surface area contributed by atoms with Crippen LogP contribution in [0.4, 0.5) is 10.5 Å². The van der Waals surface area contributed by atoms with E-state index in [1.54, 1.807) is 0 Å². The zero-order valence-corrected chi connectivity index (χ0v) is 15.8. The van der Waals surface area contributed by atoms with Crippen LogP contribution in [-0.2, 0) is 0 Å². The first-order chi connectivity index (χ1) is 13.3. The first kappa shape index (κ1) is 18.9. The van der Waals surface area contributed by atoms with Gasteiger partial charge in [-0.25, -0.2) is 4.79 Å². The molecular formula is C21H27N3O3. The number of benzene rings is 2. The second-order valence-electron chi connectivity index (χ2n) is 6.29. The van der Waals surface area contributed by atoms with Crippen LogP contribution in [-0.4, -0.2) is 56.9 Å². The summed E-state index contributed by atoms with van der Waals surface area (Å²) in [6.45, 7) is 6.65. The minimum absolute atomic E-state index is 0.0296. The van der Waals surface area contributed by atoms with Gasteiger partial charge in [-0.15, -0.1) is 0 Å². The summed E-state index contributed by atoms with van der Waals surface area (Å²) in [6, 6.07) is 17.8. The molecule has 0 spiro atoms. The van der Waals surface area contributed by atoms with Gasteiger partial charge in [0.15, 0.2) is 0 Å². The van der Waals surface area contributed by atoms with E-state index < -0.39 is 0 Å². The van der Waals surface area contributed by atoms with Crippen molar-refractivity contribution in [3.05, 3.63) is 54.6 Å². The van der Waals surface area contributed by atoms with Crippen molar-refractivity contribution in [3.8, 4) is 11.5 Å². The smallest absolute Gasteiger partial charge is 0.317 e. The molecule has 0 radical (unpaired) electrons. The zero-order chi connectivity index (χ0) is 18.9. The number of nitrogens with one attached hydrogen (secondary N) is 1. The van der Waals surface area contributed by atoms with E-state index in [2.05, 4.69) is 22.3 Å². The highest BCUT2D eigenvalue weighted by molar-refractivity contribution is 5.74. The minimum atomic E-state index is -0.0296. The summed E-state index contributed by atoms with van der Waals surface area (Å²) in [5, 5.41) is 2.93. The Morgan fingerprint density at radius 3 is 2.19 bits per heavy atom. The maximum absolute atomic E-state index is 12.3. The Balaban J connectivity index is 1.34. The summed E-state index contributed by atoms with van der Waals surface area (Å²) in [5.74, 6) is 1.59. The van der Waals surface area contributed by atoms with Crippen molar-refractivity contribution in [1.29, 1.82) is 0 Å². The number of ether oxygens (including phenoxy) is 2. The van der Waals surface area contributed by atoms with Gasteiger partial charge in [-0.3, -0.25) is 0 Å². The van der Waals surface area contributed by atoms with E-state index in [1.165, 1.54) is 5.69 Å². The van der Waals surface area contributed by atoms with Crippen LogP contribution in [0.15, 0.2) is 54.6 Å². The quantitative estimate of drug-likeness (QED) is 0.763. The second kappa shape index (κ2) is 9.71. The van der Waals surface area contributed by atoms with Crippen LogP contribution in [0.1, 0.15) is 6.92 Å². The van der Waals surface area contributed by atoms with Crippen LogP contribution < -0.4 is 19.7 Å².